The molecule has 0 aliphatic carbocycles. The van der Waals surface area contributed by atoms with Crippen LogP contribution in [0, 0.1) is 5.92 Å². The van der Waals surface area contributed by atoms with Gasteiger partial charge in [-0.1, -0.05) is 0 Å². The molecule has 3 heterocycles. The molecule has 2 aliphatic heterocycles. The zero-order valence-electron chi connectivity index (χ0n) is 17.0. The van der Waals surface area contributed by atoms with Crippen molar-refractivity contribution in [2.24, 2.45) is 5.92 Å². The molecule has 172 valence electrons. The number of aromatic nitrogens is 2. The monoisotopic (exact) mass is 470 g/mol. The van der Waals surface area contributed by atoms with E-state index in [0.29, 0.717) is 30.5 Å². The zero-order chi connectivity index (χ0) is 23.1. The van der Waals surface area contributed by atoms with Crippen LogP contribution in [0.4, 0.5) is 36.3 Å². The lowest BCUT2D eigenvalue weighted by atomic mass is 10.1. The second-order valence-electron chi connectivity index (χ2n) is 7.83. The van der Waals surface area contributed by atoms with Crippen molar-refractivity contribution in [1.82, 2.24) is 14.3 Å². The van der Waals surface area contributed by atoms with Gasteiger partial charge in [0.2, 0.25) is 21.9 Å². The number of benzene rings is 1. The average molecular weight is 470 g/mol. The molecular weight excluding hydrogens is 449 g/mol. The van der Waals surface area contributed by atoms with Crippen molar-refractivity contribution < 1.29 is 26.4 Å². The van der Waals surface area contributed by atoms with Crippen LogP contribution in [-0.4, -0.2) is 54.5 Å². The van der Waals surface area contributed by atoms with Gasteiger partial charge in [0.15, 0.2) is 0 Å². The number of fused-ring (bicyclic) bond motifs is 1. The first-order chi connectivity index (χ1) is 15.0. The van der Waals surface area contributed by atoms with Gasteiger partial charge in [-0.25, -0.2) is 17.7 Å². The number of carbonyl (C=O) groups is 1. The second-order valence-corrected chi connectivity index (χ2v) is 9.81. The van der Waals surface area contributed by atoms with Gasteiger partial charge in [-0.2, -0.15) is 18.2 Å². The van der Waals surface area contributed by atoms with Gasteiger partial charge in [0, 0.05) is 37.2 Å². The maximum atomic E-state index is 13.4. The van der Waals surface area contributed by atoms with Crippen molar-refractivity contribution in [3.63, 3.8) is 0 Å². The molecular formula is C19H21F3N6O3S. The van der Waals surface area contributed by atoms with E-state index in [1.165, 1.54) is 4.31 Å². The summed E-state index contributed by atoms with van der Waals surface area (Å²) < 4.78 is 64.9. The summed E-state index contributed by atoms with van der Waals surface area (Å²) in [5.41, 5.74) is 0.980. The van der Waals surface area contributed by atoms with Crippen LogP contribution in [0.3, 0.4) is 0 Å². The van der Waals surface area contributed by atoms with Crippen LogP contribution in [0.1, 0.15) is 17.5 Å². The van der Waals surface area contributed by atoms with Crippen molar-refractivity contribution >= 4 is 39.1 Å². The summed E-state index contributed by atoms with van der Waals surface area (Å²) in [4.78, 5) is 19.3. The largest absolute Gasteiger partial charge is 0.421 e. The summed E-state index contributed by atoms with van der Waals surface area (Å²) in [6, 6.07) is 5.07. The van der Waals surface area contributed by atoms with Crippen molar-refractivity contribution in [1.29, 1.82) is 0 Å². The third kappa shape index (κ3) is 4.93. The smallest absolute Gasteiger partial charge is 0.369 e. The van der Waals surface area contributed by atoms with Gasteiger partial charge in [0.05, 0.1) is 12.7 Å². The number of hydrogen-bond donors (Lipinski definition) is 3. The lowest BCUT2D eigenvalue weighted by Gasteiger charge is -2.17. The quantitative estimate of drug-likeness (QED) is 0.594. The summed E-state index contributed by atoms with van der Waals surface area (Å²) in [7, 11) is -3.33. The van der Waals surface area contributed by atoms with E-state index in [9.17, 15) is 26.4 Å². The van der Waals surface area contributed by atoms with E-state index in [1.54, 1.807) is 18.2 Å². The molecule has 0 radical (unpaired) electrons. The Labute approximate surface area is 182 Å². The van der Waals surface area contributed by atoms with E-state index >= 15 is 0 Å². The Kier molecular flexibility index (Phi) is 5.71. The Morgan fingerprint density at radius 1 is 1.31 bits per heavy atom. The molecule has 3 N–H and O–H groups in total. The standard InChI is InChI=1S/C19H21F3N6O3S/c1-32(30,31)28-5-4-11(10-28)8-23-17-14(19(20,21)22)9-24-18(27-17)25-13-2-3-15-12(6-13)7-16(29)26-15/h2-3,6,9,11H,4-5,7-8,10H2,1H3,(H,26,29)(H2,23,24,25,27)/t11-/m1/s1. The Morgan fingerprint density at radius 2 is 2.09 bits per heavy atom. The molecule has 0 saturated carbocycles. The molecule has 13 heteroatoms. The van der Waals surface area contributed by atoms with Crippen LogP contribution < -0.4 is 16.0 Å². The van der Waals surface area contributed by atoms with Gasteiger partial charge in [0.25, 0.3) is 0 Å². The highest BCUT2D eigenvalue weighted by molar-refractivity contribution is 7.88. The van der Waals surface area contributed by atoms with Gasteiger partial charge < -0.3 is 16.0 Å². The van der Waals surface area contributed by atoms with Crippen molar-refractivity contribution in [2.45, 2.75) is 19.0 Å². The minimum Gasteiger partial charge on any atom is -0.369 e. The Hall–Kier alpha value is -2.93. The normalized spacial score (nSPS) is 19.0. The van der Waals surface area contributed by atoms with Crippen LogP contribution in [0.25, 0.3) is 0 Å². The SMILES string of the molecule is CS(=O)(=O)N1CC[C@H](CNc2nc(Nc3ccc4c(c3)CC(=O)N4)ncc2C(F)(F)F)C1. The third-order valence-electron chi connectivity index (χ3n) is 5.36. The van der Waals surface area contributed by atoms with E-state index in [2.05, 4.69) is 25.9 Å². The molecule has 1 amide bonds. The van der Waals surface area contributed by atoms with Gasteiger partial charge in [-0.3, -0.25) is 4.79 Å². The summed E-state index contributed by atoms with van der Waals surface area (Å²) in [5, 5.41) is 8.29. The number of nitrogens with zero attached hydrogens (tertiary/aromatic N) is 3. The molecule has 0 spiro atoms. The molecule has 1 aromatic heterocycles. The van der Waals surface area contributed by atoms with E-state index < -0.39 is 21.8 Å². The number of sulfonamides is 1. The first-order valence-corrected chi connectivity index (χ1v) is 11.7. The summed E-state index contributed by atoms with van der Waals surface area (Å²) >= 11 is 0. The molecule has 2 aromatic rings. The zero-order valence-corrected chi connectivity index (χ0v) is 17.8. The number of rotatable bonds is 6. The Bertz CT molecular complexity index is 1160. The molecule has 1 aromatic carbocycles. The highest BCUT2D eigenvalue weighted by Crippen LogP contribution is 2.35. The molecule has 1 fully saturated rings. The number of anilines is 4. The highest BCUT2D eigenvalue weighted by atomic mass is 32.2. The number of nitrogens with one attached hydrogen (secondary N) is 3. The molecule has 32 heavy (non-hydrogen) atoms. The lowest BCUT2D eigenvalue weighted by molar-refractivity contribution is -0.137. The van der Waals surface area contributed by atoms with Gasteiger partial charge in [-0.05, 0) is 36.1 Å². The van der Waals surface area contributed by atoms with E-state index in [0.717, 1.165) is 11.8 Å². The van der Waals surface area contributed by atoms with E-state index in [4.69, 9.17) is 0 Å². The predicted octanol–water partition coefficient (Wildman–Crippen LogP) is 2.43. The average Bonchev–Trinajstić information content (AvgIpc) is 3.31. The van der Waals surface area contributed by atoms with E-state index in [-0.39, 0.29) is 43.1 Å². The predicted molar refractivity (Wildman–Crippen MR) is 112 cm³/mol. The van der Waals surface area contributed by atoms with Crippen LogP contribution in [0.15, 0.2) is 24.4 Å². The van der Waals surface area contributed by atoms with Crippen molar-refractivity contribution in [3.8, 4) is 0 Å². The summed E-state index contributed by atoms with van der Waals surface area (Å²) in [6.07, 6.45) is -2.09. The number of hydrogen-bond acceptors (Lipinski definition) is 7. The molecule has 0 unspecified atom stereocenters. The summed E-state index contributed by atoms with van der Waals surface area (Å²) in [6.45, 7) is 0.715. The van der Waals surface area contributed by atoms with Gasteiger partial charge in [-0.15, -0.1) is 0 Å². The Morgan fingerprint density at radius 3 is 2.78 bits per heavy atom. The molecule has 9 nitrogen and oxygen atoms in total. The fourth-order valence-electron chi connectivity index (χ4n) is 3.73. The summed E-state index contributed by atoms with van der Waals surface area (Å²) in [5.74, 6) is -0.692. The van der Waals surface area contributed by atoms with Crippen molar-refractivity contribution in [2.75, 3.05) is 41.8 Å². The lowest BCUT2D eigenvalue weighted by Crippen LogP contribution is -2.28. The van der Waals surface area contributed by atoms with E-state index in [1.807, 2.05) is 0 Å². The molecule has 0 bridgehead atoms. The number of alkyl halides is 3. The molecule has 4 rings (SSSR count). The second kappa shape index (κ2) is 8.20. The minimum absolute atomic E-state index is 0.0399. The topological polar surface area (TPSA) is 116 Å². The maximum absolute atomic E-state index is 13.4. The molecule has 2 aliphatic rings. The first kappa shape index (κ1) is 22.3. The fourth-order valence-corrected chi connectivity index (χ4v) is 4.65. The van der Waals surface area contributed by atoms with Crippen LogP contribution >= 0.6 is 0 Å². The van der Waals surface area contributed by atoms with Gasteiger partial charge >= 0.3 is 6.18 Å². The first-order valence-electron chi connectivity index (χ1n) is 9.82. The number of amides is 1. The number of carbonyl (C=O) groups excluding carboxylic acids is 1. The van der Waals surface area contributed by atoms with Crippen LogP contribution in [0.2, 0.25) is 0 Å². The molecule has 1 saturated heterocycles. The third-order valence-corrected chi connectivity index (χ3v) is 6.63. The number of halogens is 3. The minimum atomic E-state index is -4.66. The van der Waals surface area contributed by atoms with Crippen LogP contribution in [0.5, 0.6) is 0 Å². The Balaban J connectivity index is 1.50. The maximum Gasteiger partial charge on any atom is 0.421 e. The highest BCUT2D eigenvalue weighted by Gasteiger charge is 2.36. The molecule has 1 atom stereocenters. The van der Waals surface area contributed by atoms with Crippen molar-refractivity contribution in [3.05, 3.63) is 35.5 Å². The fraction of sp³-hybridized carbons (Fsp3) is 0.421. The van der Waals surface area contributed by atoms with Crippen LogP contribution in [-0.2, 0) is 27.4 Å². The van der Waals surface area contributed by atoms with Gasteiger partial charge in [0.1, 0.15) is 11.4 Å².